The largest absolute Gasteiger partial charge is 2.00 e. The second-order valence-corrected chi connectivity index (χ2v) is 0.354. The number of rotatable bonds is 0. The van der Waals surface area contributed by atoms with Crippen LogP contribution in [0, 0.1) is 6.08 Å². The maximum absolute atomic E-state index is 3.24. The van der Waals surface area contributed by atoms with Crippen molar-refractivity contribution in [2.45, 2.75) is 6.92 Å². The molecule has 0 aromatic rings. The van der Waals surface area contributed by atoms with Crippen molar-refractivity contribution in [1.82, 2.24) is 0 Å². The van der Waals surface area contributed by atoms with Crippen molar-refractivity contribution in [2.24, 2.45) is 0 Å². The summed E-state index contributed by atoms with van der Waals surface area (Å²) in [5, 5.41) is 0. The van der Waals surface area contributed by atoms with Gasteiger partial charge in [-0.25, -0.2) is 0 Å². The van der Waals surface area contributed by atoms with Gasteiger partial charge in [-0.2, -0.15) is 6.92 Å². The molecule has 0 aliphatic carbocycles. The van der Waals surface area contributed by atoms with E-state index in [1.54, 1.807) is 6.92 Å². The standard InChI is InChI=1S/C3H5.ClH.Zn/c1-3-2;;/h1H2,2H3;1H;/q-1;;+2/p-1. The topological polar surface area (TPSA) is 0 Å². The monoisotopic (exact) mass is 140 g/mol. The zero-order chi connectivity index (χ0) is 2.71. The van der Waals surface area contributed by atoms with Crippen molar-refractivity contribution in [3.8, 4) is 0 Å². The van der Waals surface area contributed by atoms with Gasteiger partial charge in [-0.05, 0) is 0 Å². The van der Waals surface area contributed by atoms with Crippen LogP contribution in [0.5, 0.6) is 0 Å². The molecule has 0 aliphatic heterocycles. The van der Waals surface area contributed by atoms with E-state index in [0.29, 0.717) is 0 Å². The molecule has 26 valence electrons. The van der Waals surface area contributed by atoms with Crippen LogP contribution < -0.4 is 12.4 Å². The second kappa shape index (κ2) is 22.7. The van der Waals surface area contributed by atoms with Gasteiger partial charge >= 0.3 is 19.5 Å². The number of allylic oxidation sites excluding steroid dienone is 1. The molecule has 0 spiro atoms. The van der Waals surface area contributed by atoms with Gasteiger partial charge in [0, 0.05) is 0 Å². The summed E-state index contributed by atoms with van der Waals surface area (Å²) in [5.41, 5.74) is 0. The van der Waals surface area contributed by atoms with Gasteiger partial charge in [-0.1, -0.05) is 0 Å². The van der Waals surface area contributed by atoms with Crippen molar-refractivity contribution in [3.63, 3.8) is 0 Å². The fourth-order valence-corrected chi connectivity index (χ4v) is 0. The number of hydrogen-bond acceptors (Lipinski definition) is 0. The van der Waals surface area contributed by atoms with Crippen molar-refractivity contribution in [2.75, 3.05) is 0 Å². The molecule has 2 heteroatoms. The summed E-state index contributed by atoms with van der Waals surface area (Å²) in [7, 11) is 0. The van der Waals surface area contributed by atoms with Crippen LogP contribution in [0.25, 0.3) is 0 Å². The fraction of sp³-hybridized carbons (Fsp3) is 0.333. The molecule has 5 heavy (non-hydrogen) atoms. The number of hydrogen-bond donors (Lipinski definition) is 0. The zero-order valence-electron chi connectivity index (χ0n) is 3.29. The third-order valence-corrected chi connectivity index (χ3v) is 0. The molecule has 0 fully saturated rings. The average Bonchev–Trinajstić information content (AvgIpc) is 0.918. The van der Waals surface area contributed by atoms with Gasteiger partial charge in [-0.15, -0.1) is 0 Å². The molecule has 0 unspecified atom stereocenters. The molecule has 0 aromatic heterocycles. The Balaban J connectivity index is -0.0000000200. The van der Waals surface area contributed by atoms with Crippen LogP contribution in [-0.2, 0) is 19.5 Å². The van der Waals surface area contributed by atoms with Gasteiger partial charge in [0.25, 0.3) is 0 Å². The minimum atomic E-state index is 0. The first kappa shape index (κ1) is 17.4. The first-order valence-electron chi connectivity index (χ1n) is 0.854. The molecule has 0 bridgehead atoms. The third-order valence-electron chi connectivity index (χ3n) is 0. The molecule has 0 nitrogen and oxygen atoms in total. The van der Waals surface area contributed by atoms with E-state index in [4.69, 9.17) is 0 Å². The third kappa shape index (κ3) is 76.7. The van der Waals surface area contributed by atoms with E-state index in [1.165, 1.54) is 0 Å². The molecule has 0 heterocycles. The summed E-state index contributed by atoms with van der Waals surface area (Å²) in [5.74, 6) is 0. The maximum Gasteiger partial charge on any atom is 2.00 e. The van der Waals surface area contributed by atoms with Gasteiger partial charge in [0.1, 0.15) is 0 Å². The first-order chi connectivity index (χ1) is 1.41. The van der Waals surface area contributed by atoms with E-state index in [2.05, 4.69) is 12.7 Å². The van der Waals surface area contributed by atoms with Crippen LogP contribution in [0.3, 0.4) is 0 Å². The summed E-state index contributed by atoms with van der Waals surface area (Å²) in [4.78, 5) is 0. The molecule has 0 N–H and O–H groups in total. The summed E-state index contributed by atoms with van der Waals surface area (Å²) in [6.07, 6.45) is 2.50. The molecule has 0 amide bonds. The molecule has 0 rings (SSSR count). The Morgan fingerprint density at radius 1 is 1.60 bits per heavy atom. The quantitative estimate of drug-likeness (QED) is 0.271. The SMILES string of the molecule is C=[C-]C.[Cl-].[Zn+2]. The van der Waals surface area contributed by atoms with Crippen molar-refractivity contribution >= 4 is 0 Å². The predicted molar refractivity (Wildman–Crippen MR) is 14.5 cm³/mol. The Morgan fingerprint density at radius 2 is 1.60 bits per heavy atom. The minimum absolute atomic E-state index is 0. The average molecular weight is 142 g/mol. The fourth-order valence-electron chi connectivity index (χ4n) is 0. The van der Waals surface area contributed by atoms with Crippen LogP contribution >= 0.6 is 0 Å². The first-order valence-corrected chi connectivity index (χ1v) is 0.854. The summed E-state index contributed by atoms with van der Waals surface area (Å²) >= 11 is 0. The zero-order valence-corrected chi connectivity index (χ0v) is 7.02. The second-order valence-electron chi connectivity index (χ2n) is 0.354. The van der Waals surface area contributed by atoms with Gasteiger partial charge in [0.2, 0.25) is 0 Å². The van der Waals surface area contributed by atoms with Crippen molar-refractivity contribution in [3.05, 3.63) is 12.7 Å². The Labute approximate surface area is 51.8 Å². The van der Waals surface area contributed by atoms with Gasteiger partial charge < -0.3 is 18.5 Å². The molecular weight excluding hydrogens is 137 g/mol. The van der Waals surface area contributed by atoms with Gasteiger partial charge in [0.05, 0.1) is 0 Å². The molecule has 0 atom stereocenters. The minimum Gasteiger partial charge on any atom is -1.00 e. The number of halogens is 1. The Kier molecular flexibility index (Phi) is 79.0. The van der Waals surface area contributed by atoms with Crippen LogP contribution in [-0.4, -0.2) is 0 Å². The van der Waals surface area contributed by atoms with Gasteiger partial charge in [0.15, 0.2) is 0 Å². The normalized spacial score (nSPS) is 2.60. The van der Waals surface area contributed by atoms with E-state index in [1.807, 2.05) is 0 Å². The Morgan fingerprint density at radius 3 is 1.60 bits per heavy atom. The molecule has 0 aliphatic rings. The molecule has 0 aromatic carbocycles. The molecule has 0 radical (unpaired) electrons. The van der Waals surface area contributed by atoms with E-state index < -0.39 is 0 Å². The van der Waals surface area contributed by atoms with E-state index in [-0.39, 0.29) is 31.9 Å². The summed E-state index contributed by atoms with van der Waals surface area (Å²) < 4.78 is 0. The van der Waals surface area contributed by atoms with Crippen molar-refractivity contribution < 1.29 is 31.9 Å². The Hall–Kier alpha value is 0.653. The van der Waals surface area contributed by atoms with E-state index in [9.17, 15) is 0 Å². The predicted octanol–water partition coefficient (Wildman–Crippen LogP) is -2.00. The molecular formula is C3H5ClZn. The Bertz CT molecular complexity index is 14.4. The van der Waals surface area contributed by atoms with Crippen LogP contribution in [0.2, 0.25) is 0 Å². The molecule has 0 saturated heterocycles. The van der Waals surface area contributed by atoms with Crippen LogP contribution in [0.4, 0.5) is 0 Å². The van der Waals surface area contributed by atoms with Crippen LogP contribution in [0.1, 0.15) is 6.92 Å². The summed E-state index contributed by atoms with van der Waals surface area (Å²) in [6.45, 7) is 5.00. The van der Waals surface area contributed by atoms with Crippen molar-refractivity contribution in [1.29, 1.82) is 0 Å². The maximum atomic E-state index is 3.24. The molecule has 0 saturated carbocycles. The van der Waals surface area contributed by atoms with Gasteiger partial charge in [-0.3, -0.25) is 6.58 Å². The van der Waals surface area contributed by atoms with E-state index in [0.717, 1.165) is 0 Å². The van der Waals surface area contributed by atoms with E-state index >= 15 is 0 Å². The summed E-state index contributed by atoms with van der Waals surface area (Å²) in [6, 6.07) is 0. The van der Waals surface area contributed by atoms with Crippen LogP contribution in [0.15, 0.2) is 6.58 Å². The smallest absolute Gasteiger partial charge is 1.00 e.